The summed E-state index contributed by atoms with van der Waals surface area (Å²) in [5, 5.41) is 2.74. The average molecular weight is 347 g/mol. The van der Waals surface area contributed by atoms with Crippen molar-refractivity contribution in [2.45, 2.75) is 13.1 Å². The van der Waals surface area contributed by atoms with Crippen molar-refractivity contribution in [1.29, 1.82) is 0 Å². The van der Waals surface area contributed by atoms with Gasteiger partial charge < -0.3 is 4.90 Å². The van der Waals surface area contributed by atoms with Crippen molar-refractivity contribution in [2.75, 3.05) is 26.0 Å². The van der Waals surface area contributed by atoms with Crippen LogP contribution in [0.2, 0.25) is 5.15 Å². The number of fused-ring (bicyclic) bond motifs is 1. The van der Waals surface area contributed by atoms with Gasteiger partial charge in [-0.2, -0.15) is 0 Å². The number of halogens is 1. The molecule has 0 aliphatic rings. The Bertz CT molecular complexity index is 810. The van der Waals surface area contributed by atoms with Crippen LogP contribution in [-0.2, 0) is 13.1 Å². The lowest BCUT2D eigenvalue weighted by atomic mass is 10.1. The maximum atomic E-state index is 6.27. The van der Waals surface area contributed by atoms with Crippen LogP contribution in [0.15, 0.2) is 36.5 Å². The number of hydrogen-bond donors (Lipinski definition) is 0. The Hall–Kier alpha value is -1.69. The molecule has 3 rings (SSSR count). The number of nitrogens with zero attached hydrogens (tertiary/aromatic N) is 4. The van der Waals surface area contributed by atoms with Crippen molar-refractivity contribution in [3.8, 4) is 0 Å². The van der Waals surface area contributed by atoms with Gasteiger partial charge in [0.05, 0.1) is 10.4 Å². The molecule has 0 saturated heterocycles. The molecule has 0 fully saturated rings. The number of hydrogen-bond acceptors (Lipinski definition) is 5. The third-order valence-corrected chi connectivity index (χ3v) is 5.24. The Morgan fingerprint density at radius 2 is 1.91 bits per heavy atom. The van der Waals surface area contributed by atoms with Crippen LogP contribution in [0.25, 0.3) is 10.9 Å². The molecule has 6 heteroatoms. The third-order valence-electron chi connectivity index (χ3n) is 3.61. The Morgan fingerprint density at radius 1 is 1.09 bits per heavy atom. The molecule has 23 heavy (non-hydrogen) atoms. The zero-order chi connectivity index (χ0) is 16.4. The minimum atomic E-state index is 0.602. The summed E-state index contributed by atoms with van der Waals surface area (Å²) < 4.78 is 0. The van der Waals surface area contributed by atoms with Crippen LogP contribution in [0.4, 0.5) is 5.13 Å². The number of benzene rings is 1. The van der Waals surface area contributed by atoms with Gasteiger partial charge in [0.1, 0.15) is 5.15 Å². The Morgan fingerprint density at radius 3 is 2.65 bits per heavy atom. The molecule has 0 amide bonds. The van der Waals surface area contributed by atoms with E-state index >= 15 is 0 Å². The lowest BCUT2D eigenvalue weighted by Gasteiger charge is -2.17. The molecular weight excluding hydrogens is 328 g/mol. The van der Waals surface area contributed by atoms with Crippen LogP contribution in [0.3, 0.4) is 0 Å². The van der Waals surface area contributed by atoms with Gasteiger partial charge in [0, 0.05) is 38.8 Å². The van der Waals surface area contributed by atoms with Gasteiger partial charge in [-0.05, 0) is 24.7 Å². The van der Waals surface area contributed by atoms with E-state index in [9.17, 15) is 0 Å². The van der Waals surface area contributed by atoms with E-state index in [4.69, 9.17) is 11.6 Å². The van der Waals surface area contributed by atoms with Gasteiger partial charge in [-0.3, -0.25) is 9.88 Å². The van der Waals surface area contributed by atoms with Gasteiger partial charge in [-0.1, -0.05) is 41.1 Å². The van der Waals surface area contributed by atoms with Crippen molar-refractivity contribution in [3.05, 3.63) is 52.1 Å². The molecule has 2 heterocycles. The smallest absolute Gasteiger partial charge is 0.186 e. The van der Waals surface area contributed by atoms with Gasteiger partial charge in [0.2, 0.25) is 0 Å². The fourth-order valence-corrected chi connectivity index (χ4v) is 3.77. The van der Waals surface area contributed by atoms with E-state index in [0.29, 0.717) is 5.15 Å². The molecule has 4 nitrogen and oxygen atoms in total. The van der Waals surface area contributed by atoms with Crippen LogP contribution in [-0.4, -0.2) is 36.0 Å². The molecule has 0 spiro atoms. The Balaban J connectivity index is 1.77. The highest BCUT2D eigenvalue weighted by Crippen LogP contribution is 2.30. The largest absolute Gasteiger partial charge is 0.354 e. The second-order valence-electron chi connectivity index (χ2n) is 5.76. The number of thiazole rings is 1. The second kappa shape index (κ2) is 6.83. The van der Waals surface area contributed by atoms with Crippen molar-refractivity contribution >= 4 is 39.0 Å². The van der Waals surface area contributed by atoms with Crippen LogP contribution in [0, 0.1) is 0 Å². The summed E-state index contributed by atoms with van der Waals surface area (Å²) in [6.07, 6.45) is 1.83. The Labute approximate surface area is 145 Å². The van der Waals surface area contributed by atoms with E-state index in [1.165, 1.54) is 10.9 Å². The number of pyridine rings is 1. The summed E-state index contributed by atoms with van der Waals surface area (Å²) in [6.45, 7) is 1.62. The van der Waals surface area contributed by atoms with Gasteiger partial charge in [-0.15, -0.1) is 0 Å². The topological polar surface area (TPSA) is 32.3 Å². The molecule has 0 atom stereocenters. The highest BCUT2D eigenvalue weighted by molar-refractivity contribution is 7.16. The zero-order valence-corrected chi connectivity index (χ0v) is 15.0. The van der Waals surface area contributed by atoms with Crippen molar-refractivity contribution in [2.24, 2.45) is 0 Å². The number of rotatable bonds is 5. The summed E-state index contributed by atoms with van der Waals surface area (Å²) in [4.78, 5) is 14.1. The van der Waals surface area contributed by atoms with Crippen molar-refractivity contribution in [1.82, 2.24) is 14.9 Å². The number of aromatic nitrogens is 2. The van der Waals surface area contributed by atoms with E-state index in [0.717, 1.165) is 28.6 Å². The predicted octanol–water partition coefficient (Wildman–Crippen LogP) is 4.04. The molecule has 120 valence electrons. The minimum absolute atomic E-state index is 0.602. The first-order valence-corrected chi connectivity index (χ1v) is 8.57. The lowest BCUT2D eigenvalue weighted by Crippen LogP contribution is -2.17. The highest BCUT2D eigenvalue weighted by Gasteiger charge is 2.13. The molecule has 0 bridgehead atoms. The molecule has 0 aliphatic heterocycles. The van der Waals surface area contributed by atoms with Gasteiger partial charge in [-0.25, -0.2) is 4.98 Å². The normalized spacial score (nSPS) is 11.3. The van der Waals surface area contributed by atoms with E-state index in [-0.39, 0.29) is 0 Å². The standard InChI is InChI=1S/C17H19ClN4S/c1-21(2)17-20-16(18)15(23-17)11-22(3)10-12-6-4-8-14-13(12)7-5-9-19-14/h4-9H,10-11H2,1-3H3. The summed E-state index contributed by atoms with van der Waals surface area (Å²) >= 11 is 7.91. The maximum Gasteiger partial charge on any atom is 0.186 e. The molecule has 2 aromatic heterocycles. The van der Waals surface area contributed by atoms with Gasteiger partial charge >= 0.3 is 0 Å². The van der Waals surface area contributed by atoms with Crippen molar-refractivity contribution < 1.29 is 0 Å². The summed E-state index contributed by atoms with van der Waals surface area (Å²) in [6, 6.07) is 10.4. The molecule has 0 unspecified atom stereocenters. The van der Waals surface area contributed by atoms with E-state index in [1.807, 2.05) is 37.3 Å². The molecule has 0 saturated carbocycles. The first kappa shape index (κ1) is 16.2. The molecular formula is C17H19ClN4S. The first-order chi connectivity index (χ1) is 11.0. The fourth-order valence-electron chi connectivity index (χ4n) is 2.51. The zero-order valence-electron chi connectivity index (χ0n) is 13.5. The maximum absolute atomic E-state index is 6.27. The van der Waals surface area contributed by atoms with Crippen LogP contribution in [0.5, 0.6) is 0 Å². The van der Waals surface area contributed by atoms with E-state index < -0.39 is 0 Å². The quantitative estimate of drug-likeness (QED) is 0.697. The SMILES string of the molecule is CN(Cc1sc(N(C)C)nc1Cl)Cc1cccc2ncccc12. The minimum Gasteiger partial charge on any atom is -0.354 e. The highest BCUT2D eigenvalue weighted by atomic mass is 35.5. The van der Waals surface area contributed by atoms with E-state index in [1.54, 1.807) is 11.3 Å². The van der Waals surface area contributed by atoms with E-state index in [2.05, 4.69) is 40.1 Å². The van der Waals surface area contributed by atoms with Gasteiger partial charge in [0.25, 0.3) is 0 Å². The molecule has 0 aliphatic carbocycles. The predicted molar refractivity (Wildman–Crippen MR) is 98.4 cm³/mol. The summed E-state index contributed by atoms with van der Waals surface area (Å²) in [5.74, 6) is 0. The molecule has 3 aromatic rings. The van der Waals surface area contributed by atoms with Crippen molar-refractivity contribution in [3.63, 3.8) is 0 Å². The monoisotopic (exact) mass is 346 g/mol. The van der Waals surface area contributed by atoms with Crippen LogP contribution < -0.4 is 4.90 Å². The Kier molecular flexibility index (Phi) is 4.80. The third kappa shape index (κ3) is 3.63. The summed E-state index contributed by atoms with van der Waals surface area (Å²) in [5.41, 5.74) is 2.30. The molecule has 0 radical (unpaired) electrons. The number of anilines is 1. The van der Waals surface area contributed by atoms with Crippen LogP contribution in [0.1, 0.15) is 10.4 Å². The molecule has 0 N–H and O–H groups in total. The lowest BCUT2D eigenvalue weighted by molar-refractivity contribution is 0.323. The fraction of sp³-hybridized carbons (Fsp3) is 0.294. The van der Waals surface area contributed by atoms with Crippen LogP contribution >= 0.6 is 22.9 Å². The molecule has 1 aromatic carbocycles. The van der Waals surface area contributed by atoms with Gasteiger partial charge in [0.15, 0.2) is 5.13 Å². The average Bonchev–Trinajstić information content (AvgIpc) is 2.89. The first-order valence-electron chi connectivity index (χ1n) is 7.38. The second-order valence-corrected chi connectivity index (χ2v) is 7.18. The summed E-state index contributed by atoms with van der Waals surface area (Å²) in [7, 11) is 6.05.